The van der Waals surface area contributed by atoms with Gasteiger partial charge in [-0.3, -0.25) is 9.78 Å². The standard InChI is InChI=1S/C20H21N5O/c1-14-13-24(20(26)16-7-4-3-5-8-16)11-12-25(14)19-18-17(9-6-10-21-18)15(2)22-23-19/h3-10,14H,11-13H2,1-2H3/t14-/m1/s1. The first-order valence-electron chi connectivity index (χ1n) is 8.84. The lowest BCUT2D eigenvalue weighted by atomic mass is 10.1. The van der Waals surface area contributed by atoms with E-state index < -0.39 is 0 Å². The molecule has 0 N–H and O–H groups in total. The van der Waals surface area contributed by atoms with Gasteiger partial charge in [0.05, 0.1) is 5.69 Å². The van der Waals surface area contributed by atoms with E-state index in [4.69, 9.17) is 0 Å². The van der Waals surface area contributed by atoms with Crippen LogP contribution in [0.5, 0.6) is 0 Å². The molecule has 0 bridgehead atoms. The molecule has 1 amide bonds. The third-order valence-corrected chi connectivity index (χ3v) is 4.91. The van der Waals surface area contributed by atoms with Crippen molar-refractivity contribution in [3.05, 3.63) is 59.9 Å². The molecule has 0 unspecified atom stereocenters. The van der Waals surface area contributed by atoms with Crippen LogP contribution >= 0.6 is 0 Å². The Morgan fingerprint density at radius 1 is 1.08 bits per heavy atom. The summed E-state index contributed by atoms with van der Waals surface area (Å²) >= 11 is 0. The average Bonchev–Trinajstić information content (AvgIpc) is 2.69. The van der Waals surface area contributed by atoms with Crippen molar-refractivity contribution in [2.24, 2.45) is 0 Å². The molecule has 1 aliphatic rings. The molecule has 0 saturated carbocycles. The van der Waals surface area contributed by atoms with E-state index >= 15 is 0 Å². The highest BCUT2D eigenvalue weighted by Gasteiger charge is 2.29. The third-order valence-electron chi connectivity index (χ3n) is 4.91. The molecule has 1 aromatic carbocycles. The maximum atomic E-state index is 12.7. The van der Waals surface area contributed by atoms with Crippen LogP contribution in [0.15, 0.2) is 48.7 Å². The predicted molar refractivity (Wildman–Crippen MR) is 101 cm³/mol. The van der Waals surface area contributed by atoms with Crippen LogP contribution in [0.3, 0.4) is 0 Å². The second kappa shape index (κ2) is 6.71. The molecule has 3 aromatic rings. The molecule has 26 heavy (non-hydrogen) atoms. The normalized spacial score (nSPS) is 17.5. The number of carbonyl (C=O) groups excluding carboxylic acids is 1. The number of pyridine rings is 1. The van der Waals surface area contributed by atoms with Crippen molar-refractivity contribution >= 4 is 22.6 Å². The van der Waals surface area contributed by atoms with E-state index in [1.807, 2.05) is 54.3 Å². The number of hydrogen-bond donors (Lipinski definition) is 0. The number of rotatable bonds is 2. The summed E-state index contributed by atoms with van der Waals surface area (Å²) in [5.41, 5.74) is 2.48. The van der Waals surface area contributed by atoms with E-state index in [0.717, 1.165) is 28.0 Å². The minimum Gasteiger partial charge on any atom is -0.347 e. The number of nitrogens with zero attached hydrogens (tertiary/aromatic N) is 5. The molecule has 1 saturated heterocycles. The highest BCUT2D eigenvalue weighted by molar-refractivity contribution is 5.94. The van der Waals surface area contributed by atoms with Crippen LogP contribution in [-0.2, 0) is 0 Å². The van der Waals surface area contributed by atoms with Crippen LogP contribution in [0.25, 0.3) is 10.9 Å². The summed E-state index contributed by atoms with van der Waals surface area (Å²) in [5.74, 6) is 0.876. The molecule has 0 radical (unpaired) electrons. The number of anilines is 1. The van der Waals surface area contributed by atoms with E-state index in [0.29, 0.717) is 19.6 Å². The van der Waals surface area contributed by atoms with Gasteiger partial charge in [0.1, 0.15) is 5.52 Å². The Kier molecular flexibility index (Phi) is 4.24. The lowest BCUT2D eigenvalue weighted by Crippen LogP contribution is -2.54. The third kappa shape index (κ3) is 2.87. The van der Waals surface area contributed by atoms with Crippen molar-refractivity contribution in [3.63, 3.8) is 0 Å². The minimum absolute atomic E-state index is 0.0788. The summed E-state index contributed by atoms with van der Waals surface area (Å²) < 4.78 is 0. The van der Waals surface area contributed by atoms with Gasteiger partial charge in [-0.05, 0) is 38.1 Å². The fraction of sp³-hybridized carbons (Fsp3) is 0.300. The summed E-state index contributed by atoms with van der Waals surface area (Å²) in [7, 11) is 0. The first-order valence-corrected chi connectivity index (χ1v) is 8.84. The van der Waals surface area contributed by atoms with Crippen LogP contribution < -0.4 is 4.90 Å². The van der Waals surface area contributed by atoms with Crippen molar-refractivity contribution in [3.8, 4) is 0 Å². The number of hydrogen-bond acceptors (Lipinski definition) is 5. The number of benzene rings is 1. The zero-order chi connectivity index (χ0) is 18.1. The van der Waals surface area contributed by atoms with Crippen LogP contribution in [0.2, 0.25) is 0 Å². The lowest BCUT2D eigenvalue weighted by Gasteiger charge is -2.40. The first-order chi connectivity index (χ1) is 12.6. The second-order valence-electron chi connectivity index (χ2n) is 6.67. The van der Waals surface area contributed by atoms with Gasteiger partial charge in [0.15, 0.2) is 5.82 Å². The fourth-order valence-corrected chi connectivity index (χ4v) is 3.51. The quantitative estimate of drug-likeness (QED) is 0.713. The number of carbonyl (C=O) groups is 1. The molecular weight excluding hydrogens is 326 g/mol. The summed E-state index contributed by atoms with van der Waals surface area (Å²) in [6.07, 6.45) is 1.78. The monoisotopic (exact) mass is 347 g/mol. The van der Waals surface area contributed by atoms with Crippen LogP contribution in [-0.4, -0.2) is 51.7 Å². The van der Waals surface area contributed by atoms with Gasteiger partial charge in [-0.15, -0.1) is 5.10 Å². The van der Waals surface area contributed by atoms with Crippen molar-refractivity contribution in [2.45, 2.75) is 19.9 Å². The van der Waals surface area contributed by atoms with Crippen LogP contribution in [0, 0.1) is 6.92 Å². The number of piperazine rings is 1. The maximum absolute atomic E-state index is 12.7. The van der Waals surface area contributed by atoms with Gasteiger partial charge in [-0.2, -0.15) is 5.10 Å². The predicted octanol–water partition coefficient (Wildman–Crippen LogP) is 2.68. The molecule has 6 nitrogen and oxygen atoms in total. The molecule has 0 spiro atoms. The molecule has 0 aliphatic carbocycles. The molecule has 132 valence electrons. The Morgan fingerprint density at radius 2 is 1.88 bits per heavy atom. The molecule has 3 heterocycles. The lowest BCUT2D eigenvalue weighted by molar-refractivity contribution is 0.0726. The van der Waals surface area contributed by atoms with Gasteiger partial charge in [0.25, 0.3) is 5.91 Å². The van der Waals surface area contributed by atoms with E-state index in [9.17, 15) is 4.79 Å². The van der Waals surface area contributed by atoms with Crippen molar-refractivity contribution in [1.82, 2.24) is 20.1 Å². The van der Waals surface area contributed by atoms with E-state index in [-0.39, 0.29) is 11.9 Å². The molecule has 1 fully saturated rings. The van der Waals surface area contributed by atoms with Crippen molar-refractivity contribution in [1.29, 1.82) is 0 Å². The topological polar surface area (TPSA) is 62.2 Å². The SMILES string of the molecule is Cc1nnc(N2CCN(C(=O)c3ccccc3)C[C@H]2C)c2ncccc12. The van der Waals surface area contributed by atoms with Gasteiger partial charge >= 0.3 is 0 Å². The Labute approximate surface area is 152 Å². The van der Waals surface area contributed by atoms with Crippen molar-refractivity contribution in [2.75, 3.05) is 24.5 Å². The zero-order valence-corrected chi connectivity index (χ0v) is 15.0. The number of aryl methyl sites for hydroxylation is 1. The maximum Gasteiger partial charge on any atom is 0.253 e. The molecule has 4 rings (SSSR count). The van der Waals surface area contributed by atoms with Gasteiger partial charge in [-0.25, -0.2) is 0 Å². The summed E-state index contributed by atoms with van der Waals surface area (Å²) in [5, 5.41) is 9.75. The minimum atomic E-state index is 0.0788. The molecule has 2 aromatic heterocycles. The molecule has 1 aliphatic heterocycles. The van der Waals surface area contributed by atoms with E-state index in [2.05, 4.69) is 27.0 Å². The highest BCUT2D eigenvalue weighted by Crippen LogP contribution is 2.26. The Bertz CT molecular complexity index is 943. The number of amides is 1. The average molecular weight is 347 g/mol. The number of fused-ring (bicyclic) bond motifs is 1. The Hall–Kier alpha value is -3.02. The molecular formula is C20H21N5O. The Balaban J connectivity index is 1.59. The molecule has 1 atom stereocenters. The summed E-state index contributed by atoms with van der Waals surface area (Å²) in [4.78, 5) is 21.4. The van der Waals surface area contributed by atoms with Crippen LogP contribution in [0.4, 0.5) is 5.82 Å². The van der Waals surface area contributed by atoms with Gasteiger partial charge in [0, 0.05) is 42.8 Å². The molecule has 6 heteroatoms. The van der Waals surface area contributed by atoms with Gasteiger partial charge in [-0.1, -0.05) is 18.2 Å². The largest absolute Gasteiger partial charge is 0.347 e. The first kappa shape index (κ1) is 16.4. The summed E-state index contributed by atoms with van der Waals surface area (Å²) in [6.45, 7) is 6.07. The van der Waals surface area contributed by atoms with E-state index in [1.165, 1.54) is 0 Å². The van der Waals surface area contributed by atoms with Crippen LogP contribution in [0.1, 0.15) is 23.0 Å². The van der Waals surface area contributed by atoms with Gasteiger partial charge in [0.2, 0.25) is 0 Å². The number of aromatic nitrogens is 3. The Morgan fingerprint density at radius 3 is 2.65 bits per heavy atom. The smallest absolute Gasteiger partial charge is 0.253 e. The summed E-state index contributed by atoms with van der Waals surface area (Å²) in [6, 6.07) is 13.5. The van der Waals surface area contributed by atoms with Gasteiger partial charge < -0.3 is 9.80 Å². The fourth-order valence-electron chi connectivity index (χ4n) is 3.51. The highest BCUT2D eigenvalue weighted by atomic mass is 16.2. The van der Waals surface area contributed by atoms with E-state index in [1.54, 1.807) is 6.20 Å². The van der Waals surface area contributed by atoms with Crippen molar-refractivity contribution < 1.29 is 4.79 Å². The zero-order valence-electron chi connectivity index (χ0n) is 15.0. The second-order valence-corrected chi connectivity index (χ2v) is 6.67.